The number of furan rings is 1. The highest BCUT2D eigenvalue weighted by atomic mass is 79.9. The summed E-state index contributed by atoms with van der Waals surface area (Å²) in [6.45, 7) is 4.81. The van der Waals surface area contributed by atoms with Crippen LogP contribution in [0.1, 0.15) is 16.7 Å². The molecule has 0 amide bonds. The van der Waals surface area contributed by atoms with Crippen molar-refractivity contribution in [2.24, 2.45) is 0 Å². The van der Waals surface area contributed by atoms with Crippen molar-refractivity contribution in [2.45, 2.75) is 20.4 Å². The van der Waals surface area contributed by atoms with E-state index in [4.69, 9.17) is 16.0 Å². The van der Waals surface area contributed by atoms with E-state index in [0.29, 0.717) is 11.8 Å². The maximum absolute atomic E-state index is 6.21. The summed E-state index contributed by atoms with van der Waals surface area (Å²) < 4.78 is 6.72. The van der Waals surface area contributed by atoms with Gasteiger partial charge in [0.2, 0.25) is 0 Å². The Bertz CT molecular complexity index is 787. The van der Waals surface area contributed by atoms with Crippen molar-refractivity contribution in [1.29, 1.82) is 0 Å². The second-order valence-electron chi connectivity index (χ2n) is 5.13. The maximum atomic E-state index is 6.21. The molecular weight excluding hydrogens is 350 g/mol. The van der Waals surface area contributed by atoms with Crippen LogP contribution in [0.3, 0.4) is 0 Å². The van der Waals surface area contributed by atoms with Gasteiger partial charge in [0.25, 0.3) is 0 Å². The summed E-state index contributed by atoms with van der Waals surface area (Å²) in [6, 6.07) is 12.1. The van der Waals surface area contributed by atoms with Crippen molar-refractivity contribution in [1.82, 2.24) is 0 Å². The van der Waals surface area contributed by atoms with Gasteiger partial charge < -0.3 is 9.73 Å². The fraction of sp³-hybridized carbons (Fsp3) is 0.176. The lowest BCUT2D eigenvalue weighted by Gasteiger charge is -2.10. The Hall–Kier alpha value is -1.45. The predicted octanol–water partition coefficient (Wildman–Crippen LogP) is 6.08. The number of anilines is 1. The number of para-hydroxylation sites is 1. The van der Waals surface area contributed by atoms with Gasteiger partial charge in [-0.1, -0.05) is 34.1 Å². The summed E-state index contributed by atoms with van der Waals surface area (Å²) in [7, 11) is 0. The largest absolute Gasteiger partial charge is 0.444 e. The zero-order valence-electron chi connectivity index (χ0n) is 11.8. The molecule has 0 aliphatic rings. The maximum Gasteiger partial charge on any atom is 0.199 e. The second-order valence-corrected chi connectivity index (χ2v) is 6.26. The average Bonchev–Trinajstić information content (AvgIpc) is 2.78. The number of nitrogens with one attached hydrogen (secondary N) is 1. The molecular formula is C17H15BrClNO. The molecule has 4 heteroatoms. The lowest BCUT2D eigenvalue weighted by atomic mass is 10.1. The molecule has 0 saturated heterocycles. The van der Waals surface area contributed by atoms with E-state index < -0.39 is 0 Å². The van der Waals surface area contributed by atoms with Crippen LogP contribution >= 0.6 is 27.5 Å². The first-order valence-corrected chi connectivity index (χ1v) is 7.90. The first-order chi connectivity index (χ1) is 10.1. The third-order valence-electron chi connectivity index (χ3n) is 3.55. The van der Waals surface area contributed by atoms with Crippen molar-refractivity contribution in [3.63, 3.8) is 0 Å². The Morgan fingerprint density at radius 2 is 1.81 bits per heavy atom. The normalized spacial score (nSPS) is 11.0. The minimum Gasteiger partial charge on any atom is -0.444 e. The summed E-state index contributed by atoms with van der Waals surface area (Å²) in [5.74, 6) is 0. The van der Waals surface area contributed by atoms with E-state index in [1.807, 2.05) is 24.3 Å². The molecule has 0 radical (unpaired) electrons. The Morgan fingerprint density at radius 3 is 2.52 bits per heavy atom. The van der Waals surface area contributed by atoms with E-state index in [0.717, 1.165) is 26.7 Å². The van der Waals surface area contributed by atoms with E-state index in [-0.39, 0.29) is 0 Å². The highest BCUT2D eigenvalue weighted by Gasteiger charge is 2.12. The average molecular weight is 365 g/mol. The number of hydrogen-bond donors (Lipinski definition) is 1. The van der Waals surface area contributed by atoms with Gasteiger partial charge in [-0.25, -0.2) is 0 Å². The molecule has 3 rings (SSSR count). The van der Waals surface area contributed by atoms with Crippen LogP contribution in [-0.4, -0.2) is 0 Å². The minimum atomic E-state index is 0.453. The summed E-state index contributed by atoms with van der Waals surface area (Å²) >= 11 is 9.79. The van der Waals surface area contributed by atoms with Crippen LogP contribution < -0.4 is 5.32 Å². The molecule has 0 fully saturated rings. The molecule has 0 bridgehead atoms. The Kier molecular flexibility index (Phi) is 3.96. The van der Waals surface area contributed by atoms with Gasteiger partial charge in [-0.05, 0) is 54.8 Å². The van der Waals surface area contributed by atoms with E-state index >= 15 is 0 Å². The monoisotopic (exact) mass is 363 g/mol. The molecule has 1 heterocycles. The van der Waals surface area contributed by atoms with E-state index in [2.05, 4.69) is 47.2 Å². The molecule has 108 valence electrons. The van der Waals surface area contributed by atoms with E-state index in [9.17, 15) is 0 Å². The molecule has 0 aliphatic heterocycles. The molecule has 0 aliphatic carbocycles. The number of hydrogen-bond acceptors (Lipinski definition) is 2. The van der Waals surface area contributed by atoms with Crippen LogP contribution in [0.2, 0.25) is 5.22 Å². The highest BCUT2D eigenvalue weighted by molar-refractivity contribution is 9.10. The van der Waals surface area contributed by atoms with Crippen LogP contribution in [0.4, 0.5) is 5.69 Å². The Balaban J connectivity index is 1.88. The first-order valence-electron chi connectivity index (χ1n) is 6.73. The van der Waals surface area contributed by atoms with Crippen LogP contribution in [0, 0.1) is 13.8 Å². The number of rotatable bonds is 3. The fourth-order valence-corrected chi connectivity index (χ4v) is 2.95. The van der Waals surface area contributed by atoms with Crippen molar-refractivity contribution in [2.75, 3.05) is 5.32 Å². The molecule has 3 aromatic rings. The van der Waals surface area contributed by atoms with Gasteiger partial charge in [0.1, 0.15) is 5.58 Å². The summed E-state index contributed by atoms with van der Waals surface area (Å²) in [4.78, 5) is 0. The molecule has 2 nitrogen and oxygen atoms in total. The van der Waals surface area contributed by atoms with Gasteiger partial charge in [0, 0.05) is 27.7 Å². The molecule has 2 aromatic carbocycles. The lowest BCUT2D eigenvalue weighted by Crippen LogP contribution is -2.00. The highest BCUT2D eigenvalue weighted by Crippen LogP contribution is 2.31. The fourth-order valence-electron chi connectivity index (χ4n) is 2.47. The van der Waals surface area contributed by atoms with Gasteiger partial charge >= 0.3 is 0 Å². The molecule has 21 heavy (non-hydrogen) atoms. The summed E-state index contributed by atoms with van der Waals surface area (Å²) in [5.41, 5.74) is 5.31. The number of fused-ring (bicyclic) bond motifs is 1. The first kappa shape index (κ1) is 14.5. The van der Waals surface area contributed by atoms with Crippen molar-refractivity contribution < 1.29 is 4.42 Å². The zero-order valence-corrected chi connectivity index (χ0v) is 14.2. The number of aryl methyl sites for hydroxylation is 2. The molecule has 1 N–H and O–H groups in total. The quantitative estimate of drug-likeness (QED) is 0.609. The summed E-state index contributed by atoms with van der Waals surface area (Å²) in [5, 5.41) is 4.93. The number of halogens is 2. The van der Waals surface area contributed by atoms with Crippen molar-refractivity contribution >= 4 is 44.2 Å². The van der Waals surface area contributed by atoms with Gasteiger partial charge in [-0.15, -0.1) is 0 Å². The van der Waals surface area contributed by atoms with Crippen molar-refractivity contribution in [3.05, 3.63) is 62.8 Å². The van der Waals surface area contributed by atoms with E-state index in [1.54, 1.807) is 0 Å². The van der Waals surface area contributed by atoms with Gasteiger partial charge in [-0.2, -0.15) is 0 Å². The topological polar surface area (TPSA) is 25.2 Å². The molecule has 0 unspecified atom stereocenters. The smallest absolute Gasteiger partial charge is 0.199 e. The Labute approximate surface area is 137 Å². The van der Waals surface area contributed by atoms with Gasteiger partial charge in [0.15, 0.2) is 5.22 Å². The lowest BCUT2D eigenvalue weighted by molar-refractivity contribution is 0.613. The third-order valence-corrected chi connectivity index (χ3v) is 5.11. The standard InChI is InChI=1S/C17H15BrClNO/c1-10-7-12(8-11(2)16(10)18)20-9-14-13-5-3-4-6-15(13)21-17(14)19/h3-8,20H,9H2,1-2H3. The number of benzene rings is 2. The van der Waals surface area contributed by atoms with Gasteiger partial charge in [0.05, 0.1) is 0 Å². The van der Waals surface area contributed by atoms with Crippen LogP contribution in [0.15, 0.2) is 45.3 Å². The Morgan fingerprint density at radius 1 is 1.14 bits per heavy atom. The SMILES string of the molecule is Cc1cc(NCc2c(Cl)oc3ccccc23)cc(C)c1Br. The van der Waals surface area contributed by atoms with Crippen LogP contribution in [0.5, 0.6) is 0 Å². The predicted molar refractivity (Wildman–Crippen MR) is 92.2 cm³/mol. The minimum absolute atomic E-state index is 0.453. The van der Waals surface area contributed by atoms with Crippen LogP contribution in [0.25, 0.3) is 11.0 Å². The second kappa shape index (κ2) is 5.74. The van der Waals surface area contributed by atoms with Crippen molar-refractivity contribution in [3.8, 4) is 0 Å². The molecule has 0 saturated carbocycles. The molecule has 0 spiro atoms. The molecule has 0 atom stereocenters. The van der Waals surface area contributed by atoms with E-state index in [1.165, 1.54) is 11.1 Å². The van der Waals surface area contributed by atoms with Crippen LogP contribution in [-0.2, 0) is 6.54 Å². The zero-order chi connectivity index (χ0) is 15.0. The third kappa shape index (κ3) is 2.81. The molecule has 1 aromatic heterocycles. The van der Waals surface area contributed by atoms with Gasteiger partial charge in [-0.3, -0.25) is 0 Å². The summed E-state index contributed by atoms with van der Waals surface area (Å²) in [6.07, 6.45) is 0.